The molecular formula is C16H19BrClNS. The van der Waals surface area contributed by atoms with Gasteiger partial charge in [-0.1, -0.05) is 47.9 Å². The zero-order valence-corrected chi connectivity index (χ0v) is 15.1. The van der Waals surface area contributed by atoms with Crippen molar-refractivity contribution in [2.45, 2.75) is 33.2 Å². The topological polar surface area (TPSA) is 12.0 Å². The summed E-state index contributed by atoms with van der Waals surface area (Å²) in [5.74, 6) is 0. The summed E-state index contributed by atoms with van der Waals surface area (Å²) in [6.45, 7) is 7.46. The summed E-state index contributed by atoms with van der Waals surface area (Å²) >= 11 is 11.3. The van der Waals surface area contributed by atoms with Gasteiger partial charge in [0.25, 0.3) is 0 Å². The molecule has 108 valence electrons. The summed E-state index contributed by atoms with van der Waals surface area (Å²) < 4.78 is 1.79. The van der Waals surface area contributed by atoms with Crippen LogP contribution in [0.3, 0.4) is 0 Å². The highest BCUT2D eigenvalue weighted by Gasteiger charge is 2.18. The molecule has 0 aliphatic carbocycles. The fraction of sp³-hybridized carbons (Fsp3) is 0.375. The van der Waals surface area contributed by atoms with E-state index >= 15 is 0 Å². The van der Waals surface area contributed by atoms with E-state index in [0.717, 1.165) is 21.8 Å². The van der Waals surface area contributed by atoms with Crippen LogP contribution in [0.1, 0.15) is 41.0 Å². The highest BCUT2D eigenvalue weighted by atomic mass is 79.9. The lowest BCUT2D eigenvalue weighted by Crippen LogP contribution is -2.22. The monoisotopic (exact) mass is 371 g/mol. The second-order valence-electron chi connectivity index (χ2n) is 5.08. The molecule has 1 aromatic heterocycles. The molecule has 1 heterocycles. The van der Waals surface area contributed by atoms with Crippen molar-refractivity contribution < 1.29 is 0 Å². The van der Waals surface area contributed by atoms with Gasteiger partial charge in [0.1, 0.15) is 4.34 Å². The van der Waals surface area contributed by atoms with Crippen molar-refractivity contribution in [3.63, 3.8) is 0 Å². The number of hydrogen-bond acceptors (Lipinski definition) is 2. The predicted molar refractivity (Wildman–Crippen MR) is 93.1 cm³/mol. The van der Waals surface area contributed by atoms with Crippen LogP contribution in [0.25, 0.3) is 0 Å². The maximum atomic E-state index is 6.20. The summed E-state index contributed by atoms with van der Waals surface area (Å²) in [6.07, 6.45) is 1.11. The molecule has 2 rings (SSSR count). The van der Waals surface area contributed by atoms with Crippen LogP contribution in [0.2, 0.25) is 4.34 Å². The molecule has 20 heavy (non-hydrogen) atoms. The summed E-state index contributed by atoms with van der Waals surface area (Å²) in [5.41, 5.74) is 3.90. The Balaban J connectivity index is 2.40. The summed E-state index contributed by atoms with van der Waals surface area (Å²) in [6, 6.07) is 9.04. The highest BCUT2D eigenvalue weighted by molar-refractivity contribution is 9.10. The van der Waals surface area contributed by atoms with Gasteiger partial charge >= 0.3 is 0 Å². The van der Waals surface area contributed by atoms with Gasteiger partial charge in [-0.15, -0.1) is 11.3 Å². The fourth-order valence-electron chi connectivity index (χ4n) is 2.35. The van der Waals surface area contributed by atoms with Crippen LogP contribution in [-0.4, -0.2) is 6.54 Å². The first kappa shape index (κ1) is 16.0. The molecule has 1 unspecified atom stereocenters. The van der Waals surface area contributed by atoms with Crippen molar-refractivity contribution >= 4 is 38.9 Å². The molecular weight excluding hydrogens is 354 g/mol. The molecule has 0 saturated heterocycles. The minimum atomic E-state index is 0.211. The first-order valence-corrected chi connectivity index (χ1v) is 8.76. The molecule has 0 spiro atoms. The average molecular weight is 373 g/mol. The lowest BCUT2D eigenvalue weighted by molar-refractivity contribution is 0.605. The molecule has 0 saturated carbocycles. The van der Waals surface area contributed by atoms with Crippen molar-refractivity contribution in [2.75, 3.05) is 6.54 Å². The number of nitrogens with one attached hydrogen (secondary N) is 1. The van der Waals surface area contributed by atoms with E-state index in [1.165, 1.54) is 21.6 Å². The molecule has 2 aromatic rings. The Morgan fingerprint density at radius 3 is 2.35 bits per heavy atom. The van der Waals surface area contributed by atoms with Crippen molar-refractivity contribution in [1.82, 2.24) is 5.32 Å². The van der Waals surface area contributed by atoms with Crippen LogP contribution >= 0.6 is 38.9 Å². The number of thiophene rings is 1. The second-order valence-corrected chi connectivity index (χ2v) is 7.62. The largest absolute Gasteiger partial charge is 0.306 e. The van der Waals surface area contributed by atoms with E-state index in [9.17, 15) is 0 Å². The van der Waals surface area contributed by atoms with Crippen LogP contribution in [0.4, 0.5) is 0 Å². The Labute approximate surface area is 138 Å². The van der Waals surface area contributed by atoms with Gasteiger partial charge in [0.2, 0.25) is 0 Å². The Morgan fingerprint density at radius 2 is 1.85 bits per heavy atom. The second kappa shape index (κ2) is 7.08. The number of halogens is 2. The SMILES string of the molecule is CCCNC(c1cc(C)cc(C)c1)c1cc(Br)c(Cl)s1. The molecule has 1 aromatic carbocycles. The minimum absolute atomic E-state index is 0.211. The van der Waals surface area contributed by atoms with Crippen molar-refractivity contribution in [3.8, 4) is 0 Å². The molecule has 0 bridgehead atoms. The van der Waals surface area contributed by atoms with Gasteiger partial charge in [-0.3, -0.25) is 0 Å². The molecule has 0 fully saturated rings. The lowest BCUT2D eigenvalue weighted by Gasteiger charge is -2.19. The van der Waals surface area contributed by atoms with Crippen molar-refractivity contribution in [1.29, 1.82) is 0 Å². The summed E-state index contributed by atoms with van der Waals surface area (Å²) in [5, 5.41) is 3.63. The van der Waals surface area contributed by atoms with Gasteiger partial charge in [-0.05, 0) is 54.4 Å². The normalized spacial score (nSPS) is 12.7. The Kier molecular flexibility index (Phi) is 5.67. The highest BCUT2D eigenvalue weighted by Crippen LogP contribution is 2.37. The van der Waals surface area contributed by atoms with Crippen molar-refractivity contribution in [3.05, 3.63) is 54.6 Å². The zero-order valence-electron chi connectivity index (χ0n) is 12.0. The first-order valence-electron chi connectivity index (χ1n) is 6.77. The standard InChI is InChI=1S/C16H19BrClNS/c1-4-5-19-15(14-9-13(17)16(18)20-14)12-7-10(2)6-11(3)8-12/h6-9,15,19H,4-5H2,1-3H3. The molecule has 1 nitrogen and oxygen atoms in total. The van der Waals surface area contributed by atoms with Crippen LogP contribution in [-0.2, 0) is 0 Å². The molecule has 4 heteroatoms. The maximum absolute atomic E-state index is 6.20. The molecule has 1 N–H and O–H groups in total. The quantitative estimate of drug-likeness (QED) is 0.692. The smallest absolute Gasteiger partial charge is 0.107 e. The van der Waals surface area contributed by atoms with E-state index < -0.39 is 0 Å². The zero-order chi connectivity index (χ0) is 14.7. The van der Waals surface area contributed by atoms with Gasteiger partial charge in [-0.25, -0.2) is 0 Å². The van der Waals surface area contributed by atoms with E-state index in [1.54, 1.807) is 11.3 Å². The van der Waals surface area contributed by atoms with Gasteiger partial charge in [0, 0.05) is 9.35 Å². The molecule has 1 atom stereocenters. The number of rotatable bonds is 5. The molecule has 0 radical (unpaired) electrons. The maximum Gasteiger partial charge on any atom is 0.107 e. The Hall–Kier alpha value is -0.350. The molecule has 0 aliphatic heterocycles. The van der Waals surface area contributed by atoms with E-state index in [0.29, 0.717) is 0 Å². The van der Waals surface area contributed by atoms with Crippen LogP contribution in [0, 0.1) is 13.8 Å². The van der Waals surface area contributed by atoms with Gasteiger partial charge in [0.15, 0.2) is 0 Å². The Bertz CT molecular complexity index is 554. The predicted octanol–water partition coefficient (Wildman–Crippen LogP) is 5.87. The average Bonchev–Trinajstić information content (AvgIpc) is 2.69. The summed E-state index contributed by atoms with van der Waals surface area (Å²) in [7, 11) is 0. The summed E-state index contributed by atoms with van der Waals surface area (Å²) in [4.78, 5) is 1.25. The number of benzene rings is 1. The number of hydrogen-bond donors (Lipinski definition) is 1. The van der Waals surface area contributed by atoms with E-state index in [2.05, 4.69) is 66.3 Å². The third-order valence-corrected chi connectivity index (χ3v) is 5.66. The minimum Gasteiger partial charge on any atom is -0.306 e. The van der Waals surface area contributed by atoms with Crippen LogP contribution in [0.5, 0.6) is 0 Å². The van der Waals surface area contributed by atoms with E-state index in [-0.39, 0.29) is 6.04 Å². The van der Waals surface area contributed by atoms with Crippen LogP contribution in [0.15, 0.2) is 28.7 Å². The van der Waals surface area contributed by atoms with Gasteiger partial charge < -0.3 is 5.32 Å². The van der Waals surface area contributed by atoms with E-state index in [4.69, 9.17) is 11.6 Å². The fourth-order valence-corrected chi connectivity index (χ4v) is 4.19. The van der Waals surface area contributed by atoms with Crippen molar-refractivity contribution in [2.24, 2.45) is 0 Å². The number of aryl methyl sites for hydroxylation is 2. The molecule has 0 aliphatic rings. The van der Waals surface area contributed by atoms with Gasteiger partial charge in [-0.2, -0.15) is 0 Å². The van der Waals surface area contributed by atoms with E-state index in [1.807, 2.05) is 0 Å². The third-order valence-electron chi connectivity index (χ3n) is 3.12. The van der Waals surface area contributed by atoms with Crippen LogP contribution < -0.4 is 5.32 Å². The Morgan fingerprint density at radius 1 is 1.20 bits per heavy atom. The lowest BCUT2D eigenvalue weighted by atomic mass is 10.00. The first-order chi connectivity index (χ1) is 9.51. The third kappa shape index (κ3) is 3.85. The molecule has 0 amide bonds. The van der Waals surface area contributed by atoms with Gasteiger partial charge in [0.05, 0.1) is 6.04 Å².